The number of anilines is 1. The second-order valence-corrected chi connectivity index (χ2v) is 7.01. The van der Waals surface area contributed by atoms with Gasteiger partial charge in [0, 0.05) is 28.7 Å². The van der Waals surface area contributed by atoms with Gasteiger partial charge in [-0.15, -0.1) is 24.5 Å². The third kappa shape index (κ3) is 2.98. The lowest BCUT2D eigenvalue weighted by Crippen LogP contribution is -2.35. The fourth-order valence-corrected chi connectivity index (χ4v) is 4.45. The van der Waals surface area contributed by atoms with Crippen molar-refractivity contribution in [1.29, 1.82) is 0 Å². The molecule has 2 aliphatic rings. The van der Waals surface area contributed by atoms with Crippen molar-refractivity contribution < 1.29 is 22.6 Å². The Balaban J connectivity index is 1.71. The van der Waals surface area contributed by atoms with Gasteiger partial charge in [0.25, 0.3) is 0 Å². The van der Waals surface area contributed by atoms with Gasteiger partial charge in [-0.05, 0) is 42.5 Å². The van der Waals surface area contributed by atoms with Crippen molar-refractivity contribution >= 4 is 17.0 Å². The Hall–Kier alpha value is -1.73. The summed E-state index contributed by atoms with van der Waals surface area (Å²) in [5, 5.41) is 5.52. The van der Waals surface area contributed by atoms with E-state index < -0.39 is 6.36 Å². The summed E-state index contributed by atoms with van der Waals surface area (Å²) in [5.41, 5.74) is 1.56. The van der Waals surface area contributed by atoms with Gasteiger partial charge in [0.15, 0.2) is 0 Å². The molecule has 1 saturated heterocycles. The zero-order chi connectivity index (χ0) is 16.7. The standard InChI is InChI=1S/C17H16F3NO2S/c18-17(19,20)23-10-5-6-13-12(9-10)16-11(3-1-7-22-16)15(21-13)14-4-2-8-24-14/h2,4-6,8-9,11,15-16,21H,1,3,7H2. The highest BCUT2D eigenvalue weighted by Crippen LogP contribution is 2.50. The Morgan fingerprint density at radius 1 is 1.25 bits per heavy atom. The molecule has 2 aliphatic heterocycles. The quantitative estimate of drug-likeness (QED) is 0.795. The van der Waals surface area contributed by atoms with Gasteiger partial charge in [-0.3, -0.25) is 0 Å². The predicted molar refractivity (Wildman–Crippen MR) is 85.2 cm³/mol. The lowest BCUT2D eigenvalue weighted by Gasteiger charge is -2.43. The molecule has 2 aromatic rings. The highest BCUT2D eigenvalue weighted by molar-refractivity contribution is 7.10. The maximum absolute atomic E-state index is 12.5. The second-order valence-electron chi connectivity index (χ2n) is 6.03. The van der Waals surface area contributed by atoms with Gasteiger partial charge >= 0.3 is 6.36 Å². The van der Waals surface area contributed by atoms with Crippen LogP contribution in [0.3, 0.4) is 0 Å². The molecule has 0 amide bonds. The van der Waals surface area contributed by atoms with Crippen LogP contribution in [0.1, 0.15) is 35.4 Å². The number of thiophene rings is 1. The summed E-state index contributed by atoms with van der Waals surface area (Å²) in [4.78, 5) is 1.22. The average Bonchev–Trinajstić information content (AvgIpc) is 3.07. The first kappa shape index (κ1) is 15.8. The summed E-state index contributed by atoms with van der Waals surface area (Å²) in [6.45, 7) is 0.627. The number of fused-ring (bicyclic) bond motifs is 3. The van der Waals surface area contributed by atoms with E-state index in [1.165, 1.54) is 17.0 Å². The molecule has 128 valence electrons. The zero-order valence-corrected chi connectivity index (χ0v) is 13.5. The lowest BCUT2D eigenvalue weighted by atomic mass is 9.79. The van der Waals surface area contributed by atoms with Crippen LogP contribution in [0.15, 0.2) is 35.7 Å². The lowest BCUT2D eigenvalue weighted by molar-refractivity contribution is -0.274. The average molecular weight is 355 g/mol. The van der Waals surface area contributed by atoms with Crippen LogP contribution in [0, 0.1) is 5.92 Å². The minimum atomic E-state index is -4.69. The Kier molecular flexibility index (Phi) is 3.92. The summed E-state index contributed by atoms with van der Waals surface area (Å²) < 4.78 is 47.5. The smallest absolute Gasteiger partial charge is 0.406 e. The number of alkyl halides is 3. The molecule has 3 atom stereocenters. The van der Waals surface area contributed by atoms with Crippen LogP contribution in [0.4, 0.5) is 18.9 Å². The van der Waals surface area contributed by atoms with Gasteiger partial charge < -0.3 is 14.8 Å². The number of halogens is 3. The zero-order valence-electron chi connectivity index (χ0n) is 12.7. The van der Waals surface area contributed by atoms with Gasteiger partial charge in [-0.2, -0.15) is 0 Å². The molecule has 3 nitrogen and oxygen atoms in total. The van der Waals surface area contributed by atoms with Crippen LogP contribution < -0.4 is 10.1 Å². The highest BCUT2D eigenvalue weighted by atomic mass is 32.1. The van der Waals surface area contributed by atoms with E-state index in [1.807, 2.05) is 11.4 Å². The molecule has 0 bridgehead atoms. The van der Waals surface area contributed by atoms with Gasteiger partial charge in [0.2, 0.25) is 0 Å². The number of benzene rings is 1. The van der Waals surface area contributed by atoms with Crippen LogP contribution in [-0.2, 0) is 4.74 Å². The molecule has 0 radical (unpaired) electrons. The van der Waals surface area contributed by atoms with Gasteiger partial charge in [-0.25, -0.2) is 0 Å². The molecule has 3 unspecified atom stereocenters. The van der Waals surface area contributed by atoms with Gasteiger partial charge in [0.05, 0.1) is 12.1 Å². The second kappa shape index (κ2) is 5.97. The maximum Gasteiger partial charge on any atom is 0.573 e. The molecule has 4 rings (SSSR count). The minimum absolute atomic E-state index is 0.122. The molecule has 1 N–H and O–H groups in total. The Morgan fingerprint density at radius 2 is 2.12 bits per heavy atom. The van der Waals surface area contributed by atoms with Crippen molar-refractivity contribution in [2.75, 3.05) is 11.9 Å². The Morgan fingerprint density at radius 3 is 2.88 bits per heavy atom. The summed E-state index contributed by atoms with van der Waals surface area (Å²) in [7, 11) is 0. The maximum atomic E-state index is 12.5. The third-order valence-corrected chi connectivity index (χ3v) is 5.48. The molecule has 1 aromatic heterocycles. The molecule has 0 spiro atoms. The molecule has 1 aromatic carbocycles. The topological polar surface area (TPSA) is 30.5 Å². The summed E-state index contributed by atoms with van der Waals surface area (Å²) in [5.74, 6) is -0.00316. The number of nitrogens with one attached hydrogen (secondary N) is 1. The highest BCUT2D eigenvalue weighted by Gasteiger charge is 2.41. The molecule has 7 heteroatoms. The van der Waals surface area contributed by atoms with E-state index in [-0.39, 0.29) is 23.8 Å². The van der Waals surface area contributed by atoms with Crippen molar-refractivity contribution in [3.8, 4) is 5.75 Å². The monoisotopic (exact) mass is 355 g/mol. The van der Waals surface area contributed by atoms with Crippen LogP contribution in [0.5, 0.6) is 5.75 Å². The third-order valence-electron chi connectivity index (χ3n) is 4.52. The first-order chi connectivity index (χ1) is 11.5. The molecular weight excluding hydrogens is 339 g/mol. The first-order valence-electron chi connectivity index (χ1n) is 7.82. The van der Waals surface area contributed by atoms with E-state index in [0.29, 0.717) is 6.61 Å². The number of rotatable bonds is 2. The van der Waals surface area contributed by atoms with E-state index >= 15 is 0 Å². The summed E-state index contributed by atoms with van der Waals surface area (Å²) in [6.07, 6.45) is -2.97. The number of hydrogen-bond acceptors (Lipinski definition) is 4. The summed E-state index contributed by atoms with van der Waals surface area (Å²) >= 11 is 1.68. The first-order valence-corrected chi connectivity index (χ1v) is 8.70. The van der Waals surface area contributed by atoms with E-state index in [2.05, 4.69) is 16.1 Å². The van der Waals surface area contributed by atoms with Crippen LogP contribution in [0.25, 0.3) is 0 Å². The van der Waals surface area contributed by atoms with Crippen molar-refractivity contribution in [2.24, 2.45) is 5.92 Å². The van der Waals surface area contributed by atoms with E-state index in [0.717, 1.165) is 24.1 Å². The number of ether oxygens (including phenoxy) is 2. The van der Waals surface area contributed by atoms with Crippen LogP contribution >= 0.6 is 11.3 Å². The normalized spacial score (nSPS) is 26.2. The van der Waals surface area contributed by atoms with Gasteiger partial charge in [0.1, 0.15) is 5.75 Å². The fourth-order valence-electron chi connectivity index (χ4n) is 3.60. The van der Waals surface area contributed by atoms with Gasteiger partial charge in [-0.1, -0.05) is 6.07 Å². The molecule has 1 fully saturated rings. The Labute approximate surface area is 141 Å². The predicted octanol–water partition coefficient (Wildman–Crippen LogP) is 5.28. The van der Waals surface area contributed by atoms with Crippen LogP contribution in [-0.4, -0.2) is 13.0 Å². The van der Waals surface area contributed by atoms with E-state index in [9.17, 15) is 13.2 Å². The molecular formula is C17H16F3NO2S. The van der Waals surface area contributed by atoms with Crippen LogP contribution in [0.2, 0.25) is 0 Å². The minimum Gasteiger partial charge on any atom is -0.406 e. The Bertz CT molecular complexity index is 717. The molecule has 0 aliphatic carbocycles. The molecule has 24 heavy (non-hydrogen) atoms. The summed E-state index contributed by atoms with van der Waals surface area (Å²) in [6, 6.07) is 8.65. The molecule has 0 saturated carbocycles. The number of hydrogen-bond donors (Lipinski definition) is 1. The fraction of sp³-hybridized carbons (Fsp3) is 0.412. The van der Waals surface area contributed by atoms with E-state index in [1.54, 1.807) is 17.4 Å². The van der Waals surface area contributed by atoms with Crippen molar-refractivity contribution in [2.45, 2.75) is 31.3 Å². The van der Waals surface area contributed by atoms with Crippen molar-refractivity contribution in [3.05, 3.63) is 46.2 Å². The largest absolute Gasteiger partial charge is 0.573 e. The molecule has 3 heterocycles. The van der Waals surface area contributed by atoms with Crippen molar-refractivity contribution in [3.63, 3.8) is 0 Å². The SMILES string of the molecule is FC(F)(F)Oc1ccc2c(c1)C1OCCCC1C(c1cccs1)N2. The van der Waals surface area contributed by atoms with Crippen molar-refractivity contribution in [1.82, 2.24) is 0 Å². The van der Waals surface area contributed by atoms with E-state index in [4.69, 9.17) is 4.74 Å².